The number of hydrogen-bond donors (Lipinski definition) is 0. The standard InChI is InChI=1S/C15H9Cl2NO3/c16-11-4-7-13(14(17)9-11)15(19)8-3-10-1-5-12(6-2-10)18(20)21/h1-9H/b8-3+. The van der Waals surface area contributed by atoms with E-state index in [4.69, 9.17) is 23.2 Å². The molecule has 0 saturated carbocycles. The Morgan fingerprint density at radius 2 is 1.76 bits per heavy atom. The molecule has 0 amide bonds. The summed E-state index contributed by atoms with van der Waals surface area (Å²) in [5.41, 5.74) is 1.03. The second-order valence-corrected chi connectivity index (χ2v) is 5.01. The number of benzene rings is 2. The van der Waals surface area contributed by atoms with Crippen molar-refractivity contribution in [3.05, 3.63) is 79.8 Å². The highest BCUT2D eigenvalue weighted by Crippen LogP contribution is 2.22. The summed E-state index contributed by atoms with van der Waals surface area (Å²) in [6.45, 7) is 0. The van der Waals surface area contributed by atoms with Gasteiger partial charge in [0.05, 0.1) is 9.95 Å². The number of nitrogens with zero attached hydrogens (tertiary/aromatic N) is 1. The van der Waals surface area contributed by atoms with Crippen molar-refractivity contribution in [2.75, 3.05) is 0 Å². The van der Waals surface area contributed by atoms with Crippen LogP contribution in [0.2, 0.25) is 10.0 Å². The fourth-order valence-corrected chi connectivity index (χ4v) is 2.16. The minimum absolute atomic E-state index is 0.000720. The zero-order chi connectivity index (χ0) is 15.4. The van der Waals surface area contributed by atoms with E-state index in [-0.39, 0.29) is 16.5 Å². The molecule has 21 heavy (non-hydrogen) atoms. The molecule has 2 aromatic rings. The highest BCUT2D eigenvalue weighted by Gasteiger charge is 2.08. The van der Waals surface area contributed by atoms with Crippen molar-refractivity contribution >= 4 is 40.7 Å². The molecule has 0 bridgehead atoms. The summed E-state index contributed by atoms with van der Waals surface area (Å²) in [6, 6.07) is 10.5. The summed E-state index contributed by atoms with van der Waals surface area (Å²) in [7, 11) is 0. The molecule has 0 heterocycles. The topological polar surface area (TPSA) is 60.2 Å². The van der Waals surface area contributed by atoms with Crippen LogP contribution in [0.3, 0.4) is 0 Å². The number of rotatable bonds is 4. The Balaban J connectivity index is 2.16. The molecule has 0 saturated heterocycles. The molecule has 0 unspecified atom stereocenters. The highest BCUT2D eigenvalue weighted by molar-refractivity contribution is 6.37. The molecule has 6 heteroatoms. The lowest BCUT2D eigenvalue weighted by molar-refractivity contribution is -0.384. The van der Waals surface area contributed by atoms with Crippen molar-refractivity contribution in [1.82, 2.24) is 0 Å². The Hall–Kier alpha value is -2.17. The minimum atomic E-state index is -0.480. The van der Waals surface area contributed by atoms with Crippen molar-refractivity contribution in [2.24, 2.45) is 0 Å². The van der Waals surface area contributed by atoms with Crippen LogP contribution >= 0.6 is 23.2 Å². The van der Waals surface area contributed by atoms with Gasteiger partial charge in [-0.3, -0.25) is 14.9 Å². The molecule has 0 radical (unpaired) electrons. The molecule has 0 aliphatic heterocycles. The van der Waals surface area contributed by atoms with E-state index in [1.807, 2.05) is 0 Å². The van der Waals surface area contributed by atoms with Gasteiger partial charge >= 0.3 is 0 Å². The molecule has 0 N–H and O–H groups in total. The van der Waals surface area contributed by atoms with E-state index in [0.717, 1.165) is 0 Å². The number of hydrogen-bond acceptors (Lipinski definition) is 3. The van der Waals surface area contributed by atoms with Crippen molar-refractivity contribution in [1.29, 1.82) is 0 Å². The molecule has 2 aromatic carbocycles. The zero-order valence-electron chi connectivity index (χ0n) is 10.6. The molecule has 0 spiro atoms. The van der Waals surface area contributed by atoms with Gasteiger partial charge in [0.1, 0.15) is 0 Å². The van der Waals surface area contributed by atoms with Gasteiger partial charge in [-0.15, -0.1) is 0 Å². The highest BCUT2D eigenvalue weighted by atomic mass is 35.5. The lowest BCUT2D eigenvalue weighted by atomic mass is 10.1. The van der Waals surface area contributed by atoms with E-state index in [2.05, 4.69) is 0 Å². The largest absolute Gasteiger partial charge is 0.289 e. The first-order valence-corrected chi connectivity index (χ1v) is 6.65. The Bertz CT molecular complexity index is 724. The summed E-state index contributed by atoms with van der Waals surface area (Å²) in [6.07, 6.45) is 2.92. The van der Waals surface area contributed by atoms with Crippen molar-refractivity contribution in [2.45, 2.75) is 0 Å². The number of halogens is 2. The second-order valence-electron chi connectivity index (χ2n) is 4.17. The first-order chi connectivity index (χ1) is 9.97. The van der Waals surface area contributed by atoms with Crippen molar-refractivity contribution in [3.63, 3.8) is 0 Å². The van der Waals surface area contributed by atoms with Crippen LogP contribution in [0.15, 0.2) is 48.5 Å². The quantitative estimate of drug-likeness (QED) is 0.352. The summed E-state index contributed by atoms with van der Waals surface area (Å²) in [5, 5.41) is 11.3. The molecular weight excluding hydrogens is 313 g/mol. The number of non-ortho nitro benzene ring substituents is 1. The number of allylic oxidation sites excluding steroid dienone is 1. The van der Waals surface area contributed by atoms with E-state index in [1.54, 1.807) is 30.3 Å². The van der Waals surface area contributed by atoms with E-state index in [0.29, 0.717) is 16.1 Å². The maximum absolute atomic E-state index is 12.0. The van der Waals surface area contributed by atoms with Crippen molar-refractivity contribution in [3.8, 4) is 0 Å². The number of nitro groups is 1. The number of nitro benzene ring substituents is 1. The molecular formula is C15H9Cl2NO3. The average Bonchev–Trinajstić information content (AvgIpc) is 2.45. The number of carbonyl (C=O) groups excluding carboxylic acids is 1. The van der Waals surface area contributed by atoms with Crippen LogP contribution in [-0.2, 0) is 0 Å². The lowest BCUT2D eigenvalue weighted by Crippen LogP contribution is -1.95. The van der Waals surface area contributed by atoms with Gasteiger partial charge in [-0.25, -0.2) is 0 Å². The van der Waals surface area contributed by atoms with Crippen LogP contribution in [0.25, 0.3) is 6.08 Å². The van der Waals surface area contributed by atoms with Gasteiger partial charge in [0.2, 0.25) is 0 Å². The third-order valence-corrected chi connectivity index (χ3v) is 3.28. The predicted molar refractivity (Wildman–Crippen MR) is 82.9 cm³/mol. The summed E-state index contributed by atoms with van der Waals surface area (Å²) in [5.74, 6) is -0.269. The van der Waals surface area contributed by atoms with Gasteiger partial charge in [0, 0.05) is 22.7 Å². The molecule has 0 atom stereocenters. The van der Waals surface area contributed by atoms with Crippen LogP contribution < -0.4 is 0 Å². The molecule has 0 aromatic heterocycles. The van der Waals surface area contributed by atoms with Crippen LogP contribution in [0.5, 0.6) is 0 Å². The summed E-state index contributed by atoms with van der Waals surface area (Å²) < 4.78 is 0. The maximum Gasteiger partial charge on any atom is 0.269 e. The van der Waals surface area contributed by atoms with Crippen LogP contribution in [-0.4, -0.2) is 10.7 Å². The maximum atomic E-state index is 12.0. The third-order valence-electron chi connectivity index (χ3n) is 2.73. The molecule has 106 valence electrons. The fourth-order valence-electron chi connectivity index (χ4n) is 1.66. The second kappa shape index (κ2) is 6.52. The first-order valence-electron chi connectivity index (χ1n) is 5.89. The molecule has 0 aliphatic rings. The normalized spacial score (nSPS) is 10.8. The van der Waals surface area contributed by atoms with E-state index in [1.165, 1.54) is 24.3 Å². The minimum Gasteiger partial charge on any atom is -0.289 e. The lowest BCUT2D eigenvalue weighted by Gasteiger charge is -2.00. The third kappa shape index (κ3) is 3.90. The Morgan fingerprint density at radius 1 is 1.10 bits per heavy atom. The van der Waals surface area contributed by atoms with Gasteiger partial charge in [-0.05, 0) is 42.0 Å². The van der Waals surface area contributed by atoms with Gasteiger partial charge in [0.25, 0.3) is 5.69 Å². The fraction of sp³-hybridized carbons (Fsp3) is 0. The monoisotopic (exact) mass is 321 g/mol. The van der Waals surface area contributed by atoms with Gasteiger partial charge in [0.15, 0.2) is 5.78 Å². The Kier molecular flexibility index (Phi) is 4.73. The molecule has 4 nitrogen and oxygen atoms in total. The average molecular weight is 322 g/mol. The van der Waals surface area contributed by atoms with Gasteiger partial charge in [-0.2, -0.15) is 0 Å². The van der Waals surface area contributed by atoms with Gasteiger partial charge in [-0.1, -0.05) is 29.3 Å². The first kappa shape index (κ1) is 15.2. The summed E-state index contributed by atoms with van der Waals surface area (Å²) in [4.78, 5) is 22.1. The Morgan fingerprint density at radius 3 is 2.33 bits per heavy atom. The van der Waals surface area contributed by atoms with Gasteiger partial charge < -0.3 is 0 Å². The smallest absolute Gasteiger partial charge is 0.269 e. The van der Waals surface area contributed by atoms with E-state index in [9.17, 15) is 14.9 Å². The number of ketones is 1. The van der Waals surface area contributed by atoms with Crippen molar-refractivity contribution < 1.29 is 9.72 Å². The van der Waals surface area contributed by atoms with Crippen LogP contribution in [0.4, 0.5) is 5.69 Å². The predicted octanol–water partition coefficient (Wildman–Crippen LogP) is 4.80. The summed E-state index contributed by atoms with van der Waals surface area (Å²) >= 11 is 11.7. The molecule has 0 fully saturated rings. The molecule has 2 rings (SSSR count). The SMILES string of the molecule is O=C(/C=C/c1ccc([N+](=O)[O-])cc1)c1ccc(Cl)cc1Cl. The zero-order valence-corrected chi connectivity index (χ0v) is 12.1. The Labute approximate surface area is 130 Å². The van der Waals surface area contributed by atoms with E-state index >= 15 is 0 Å². The van der Waals surface area contributed by atoms with E-state index < -0.39 is 4.92 Å². The van der Waals surface area contributed by atoms with Crippen LogP contribution in [0.1, 0.15) is 15.9 Å². The van der Waals surface area contributed by atoms with Crippen LogP contribution in [0, 0.1) is 10.1 Å². The number of carbonyl (C=O) groups is 1. The molecule has 0 aliphatic carbocycles.